The van der Waals surface area contributed by atoms with Crippen molar-refractivity contribution in [3.63, 3.8) is 0 Å². The van der Waals surface area contributed by atoms with E-state index in [1.54, 1.807) is 7.05 Å². The van der Waals surface area contributed by atoms with Gasteiger partial charge in [0.2, 0.25) is 5.91 Å². The van der Waals surface area contributed by atoms with E-state index in [2.05, 4.69) is 15.6 Å². The largest absolute Gasteiger partial charge is 0.381 e. The molecule has 2 N–H and O–H groups in total. The highest BCUT2D eigenvalue weighted by Crippen LogP contribution is 2.27. The van der Waals surface area contributed by atoms with Crippen LogP contribution in [0.25, 0.3) is 0 Å². The molecular weight excluding hydrogens is 369 g/mol. The molecule has 1 amide bonds. The summed E-state index contributed by atoms with van der Waals surface area (Å²) in [5.41, 5.74) is -0.387. The van der Waals surface area contributed by atoms with E-state index < -0.39 is 5.82 Å². The maximum absolute atomic E-state index is 12.1. The Labute approximate surface area is 166 Å². The van der Waals surface area contributed by atoms with Crippen LogP contribution < -0.4 is 10.6 Å². The average Bonchev–Trinajstić information content (AvgIpc) is 2.69. The van der Waals surface area contributed by atoms with Crippen molar-refractivity contribution in [2.75, 3.05) is 26.8 Å². The van der Waals surface area contributed by atoms with Crippen molar-refractivity contribution >= 4 is 17.5 Å². The second kappa shape index (κ2) is 11.6. The van der Waals surface area contributed by atoms with Crippen molar-refractivity contribution in [3.05, 3.63) is 29.3 Å². The molecule has 0 aromatic carbocycles. The first-order valence-electron chi connectivity index (χ1n) is 9.87. The predicted molar refractivity (Wildman–Crippen MR) is 105 cm³/mol. The number of hydrogen-bond acceptors (Lipinski definition) is 4. The van der Waals surface area contributed by atoms with Gasteiger partial charge in [-0.25, -0.2) is 4.39 Å². The number of nitrogens with one attached hydrogen (secondary N) is 2. The molecule has 1 aliphatic heterocycles. The smallest absolute Gasteiger partial charge is 0.240 e. The minimum atomic E-state index is -0.405. The molecule has 0 unspecified atom stereocenters. The van der Waals surface area contributed by atoms with Gasteiger partial charge in [-0.15, -0.1) is 0 Å². The number of ether oxygens (including phenoxy) is 1. The number of likely N-dealkylation sites (N-methyl/N-ethyl adjacent to an activating group) is 1. The van der Waals surface area contributed by atoms with Crippen molar-refractivity contribution in [2.24, 2.45) is 5.92 Å². The number of carbonyl (C=O) groups excluding carboxylic acids is 1. The van der Waals surface area contributed by atoms with Gasteiger partial charge in [0.15, 0.2) is 0 Å². The van der Waals surface area contributed by atoms with Crippen LogP contribution in [0.4, 0.5) is 4.39 Å². The lowest BCUT2D eigenvalue weighted by atomic mass is 9.85. The molecular formula is C20H31ClFN3O2. The molecule has 0 atom stereocenters. The second-order valence-corrected chi connectivity index (χ2v) is 7.75. The predicted octanol–water partition coefficient (Wildman–Crippen LogP) is 3.72. The van der Waals surface area contributed by atoms with Gasteiger partial charge in [-0.3, -0.25) is 9.78 Å². The van der Waals surface area contributed by atoms with Gasteiger partial charge < -0.3 is 15.4 Å². The van der Waals surface area contributed by atoms with E-state index in [0.717, 1.165) is 31.5 Å². The van der Waals surface area contributed by atoms with Gasteiger partial charge in [-0.2, -0.15) is 0 Å². The van der Waals surface area contributed by atoms with E-state index >= 15 is 0 Å². The lowest BCUT2D eigenvalue weighted by Crippen LogP contribution is -2.59. The molecule has 1 aromatic heterocycles. The first kappa shape index (κ1) is 22.1. The molecule has 152 valence electrons. The number of halogens is 2. The van der Waals surface area contributed by atoms with Crippen LogP contribution in [-0.4, -0.2) is 43.2 Å². The van der Waals surface area contributed by atoms with Gasteiger partial charge in [0.25, 0.3) is 0 Å². The number of rotatable bonds is 5. The number of aromatic nitrogens is 1. The molecule has 1 saturated carbocycles. The van der Waals surface area contributed by atoms with E-state index in [-0.39, 0.29) is 11.4 Å². The first-order valence-corrected chi connectivity index (χ1v) is 10.2. The summed E-state index contributed by atoms with van der Waals surface area (Å²) in [6, 6.07) is 1.20. The summed E-state index contributed by atoms with van der Waals surface area (Å²) in [5.74, 6) is 0.583. The van der Waals surface area contributed by atoms with Gasteiger partial charge in [0.05, 0.1) is 11.2 Å². The fourth-order valence-electron chi connectivity index (χ4n) is 3.82. The zero-order valence-electron chi connectivity index (χ0n) is 16.1. The average molecular weight is 400 g/mol. The summed E-state index contributed by atoms with van der Waals surface area (Å²) < 4.78 is 17.4. The van der Waals surface area contributed by atoms with Crippen molar-refractivity contribution in [1.29, 1.82) is 0 Å². The minimum Gasteiger partial charge on any atom is -0.381 e. The summed E-state index contributed by atoms with van der Waals surface area (Å²) >= 11 is 5.34. The van der Waals surface area contributed by atoms with Gasteiger partial charge >= 0.3 is 0 Å². The Kier molecular flexibility index (Phi) is 9.45. The summed E-state index contributed by atoms with van der Waals surface area (Å²) in [7, 11) is 1.72. The maximum Gasteiger partial charge on any atom is 0.240 e. The highest BCUT2D eigenvalue weighted by Gasteiger charge is 2.38. The number of nitrogens with zero attached hydrogens (tertiary/aromatic N) is 1. The standard InChI is InChI=1S/C15H28N2O2.C5H3ClFN/c1-16-14(18)15(8-11-19-12-9-15)17-10-7-13-5-3-2-4-6-13;6-4-1-5(7)3-8-2-4/h13,17H,2-12H2,1H3,(H,16,18);1-3H. The molecule has 27 heavy (non-hydrogen) atoms. The van der Waals surface area contributed by atoms with Crippen LogP contribution in [0.1, 0.15) is 51.4 Å². The number of pyridine rings is 1. The van der Waals surface area contributed by atoms with Crippen LogP contribution in [0, 0.1) is 11.7 Å². The summed E-state index contributed by atoms with van der Waals surface area (Å²) in [6.07, 6.45) is 12.2. The number of amides is 1. The van der Waals surface area contributed by atoms with Crippen LogP contribution in [0.2, 0.25) is 5.02 Å². The van der Waals surface area contributed by atoms with Gasteiger partial charge in [0.1, 0.15) is 11.4 Å². The van der Waals surface area contributed by atoms with Crippen molar-refractivity contribution in [3.8, 4) is 0 Å². The van der Waals surface area contributed by atoms with Crippen LogP contribution in [0.3, 0.4) is 0 Å². The third-order valence-corrected chi connectivity index (χ3v) is 5.63. The van der Waals surface area contributed by atoms with Crippen LogP contribution >= 0.6 is 11.6 Å². The third-order valence-electron chi connectivity index (χ3n) is 5.42. The van der Waals surface area contributed by atoms with Gasteiger partial charge in [-0.1, -0.05) is 43.7 Å². The Bertz CT molecular complexity index is 559. The van der Waals surface area contributed by atoms with E-state index in [4.69, 9.17) is 16.3 Å². The molecule has 2 heterocycles. The van der Waals surface area contributed by atoms with Crippen LogP contribution in [-0.2, 0) is 9.53 Å². The normalized spacial score (nSPS) is 19.7. The lowest BCUT2D eigenvalue weighted by molar-refractivity contribution is -0.131. The fraction of sp³-hybridized carbons (Fsp3) is 0.700. The van der Waals surface area contributed by atoms with Gasteiger partial charge in [0, 0.05) is 26.5 Å². The molecule has 3 rings (SSSR count). The first-order chi connectivity index (χ1) is 13.1. The van der Waals surface area contributed by atoms with Crippen molar-refractivity contribution < 1.29 is 13.9 Å². The Morgan fingerprint density at radius 1 is 1.30 bits per heavy atom. The van der Waals surface area contributed by atoms with Crippen molar-refractivity contribution in [1.82, 2.24) is 15.6 Å². The van der Waals surface area contributed by atoms with E-state index in [1.807, 2.05) is 0 Å². The second-order valence-electron chi connectivity index (χ2n) is 7.31. The highest BCUT2D eigenvalue weighted by atomic mass is 35.5. The molecule has 2 fully saturated rings. The Morgan fingerprint density at radius 3 is 2.56 bits per heavy atom. The Morgan fingerprint density at radius 2 is 2.00 bits per heavy atom. The molecule has 0 bridgehead atoms. The zero-order valence-corrected chi connectivity index (χ0v) is 16.9. The zero-order chi connectivity index (χ0) is 19.5. The fourth-order valence-corrected chi connectivity index (χ4v) is 3.98. The van der Waals surface area contributed by atoms with E-state index in [1.165, 1.54) is 50.8 Å². The molecule has 2 aliphatic rings. The molecule has 5 nitrogen and oxygen atoms in total. The van der Waals surface area contributed by atoms with Crippen LogP contribution in [0.15, 0.2) is 18.5 Å². The van der Waals surface area contributed by atoms with E-state index in [0.29, 0.717) is 18.2 Å². The lowest BCUT2D eigenvalue weighted by Gasteiger charge is -2.37. The van der Waals surface area contributed by atoms with Crippen molar-refractivity contribution in [2.45, 2.75) is 56.9 Å². The maximum atomic E-state index is 12.1. The SMILES string of the molecule is CNC(=O)C1(NCCC2CCCCC2)CCOCC1.Fc1cncc(Cl)c1. The molecule has 0 radical (unpaired) electrons. The summed E-state index contributed by atoms with van der Waals surface area (Å²) in [4.78, 5) is 15.6. The number of hydrogen-bond donors (Lipinski definition) is 2. The molecule has 7 heteroatoms. The van der Waals surface area contributed by atoms with E-state index in [9.17, 15) is 9.18 Å². The summed E-state index contributed by atoms with van der Waals surface area (Å²) in [6.45, 7) is 2.33. The quantitative estimate of drug-likeness (QED) is 0.792. The monoisotopic (exact) mass is 399 g/mol. The molecule has 1 aromatic rings. The third kappa shape index (κ3) is 7.35. The van der Waals surface area contributed by atoms with Gasteiger partial charge in [-0.05, 0) is 37.8 Å². The molecule has 1 saturated heterocycles. The number of carbonyl (C=O) groups is 1. The molecule has 1 aliphatic carbocycles. The molecule has 0 spiro atoms. The minimum absolute atomic E-state index is 0.124. The summed E-state index contributed by atoms with van der Waals surface area (Å²) in [5, 5.41) is 6.67. The highest BCUT2D eigenvalue weighted by molar-refractivity contribution is 6.30. The Hall–Kier alpha value is -1.24. The topological polar surface area (TPSA) is 63.2 Å². The van der Waals surface area contributed by atoms with Crippen LogP contribution in [0.5, 0.6) is 0 Å². The Balaban J connectivity index is 0.000000273.